The van der Waals surface area contributed by atoms with Gasteiger partial charge in [0.1, 0.15) is 0 Å². The number of likely N-dealkylation sites (N-methyl/N-ethyl adjacent to an activating group) is 1. The quantitative estimate of drug-likeness (QED) is 0.268. The number of hydrazine groups is 1. The molecule has 0 unspecified atom stereocenters. The maximum atomic E-state index is 12.7. The lowest BCUT2D eigenvalue weighted by molar-refractivity contribution is -0.895. The molecule has 26 heavy (non-hydrogen) atoms. The zero-order valence-electron chi connectivity index (χ0n) is 15.2. The number of imide groups is 2. The van der Waals surface area contributed by atoms with Gasteiger partial charge in [-0.25, -0.2) is 15.1 Å². The van der Waals surface area contributed by atoms with Crippen molar-refractivity contribution in [3.8, 4) is 0 Å². The van der Waals surface area contributed by atoms with Gasteiger partial charge in [-0.1, -0.05) is 24.8 Å². The summed E-state index contributed by atoms with van der Waals surface area (Å²) in [7, 11) is 0. The number of nitrogens with one attached hydrogen (secondary N) is 4. The van der Waals surface area contributed by atoms with Crippen LogP contribution in [0.3, 0.4) is 0 Å². The number of quaternary nitrogens is 1. The number of anilines is 1. The van der Waals surface area contributed by atoms with Gasteiger partial charge in [0, 0.05) is 5.70 Å². The zero-order valence-corrected chi connectivity index (χ0v) is 15.2. The van der Waals surface area contributed by atoms with Crippen LogP contribution in [0.15, 0.2) is 42.6 Å². The number of carbonyl (C=O) groups excluding carboxylic acids is 3. The number of benzene rings is 1. The molecule has 0 aliphatic carbocycles. The van der Waals surface area contributed by atoms with Crippen LogP contribution in [0.2, 0.25) is 0 Å². The maximum Gasteiger partial charge on any atom is 0.335 e. The molecule has 0 aromatic heterocycles. The topological polar surface area (TPSA) is 95.0 Å². The monoisotopic (exact) mass is 360 g/mol. The molecule has 0 spiro atoms. The molecule has 1 saturated heterocycles. The molecular weight excluding hydrogens is 334 g/mol. The molecule has 1 aromatic carbocycles. The Labute approximate surface area is 153 Å². The molecule has 0 saturated carbocycles. The van der Waals surface area contributed by atoms with Crippen LogP contribution >= 0.6 is 0 Å². The van der Waals surface area contributed by atoms with Crippen molar-refractivity contribution in [2.75, 3.05) is 31.1 Å². The highest BCUT2D eigenvalue weighted by atomic mass is 16.2. The molecule has 0 bridgehead atoms. The summed E-state index contributed by atoms with van der Waals surface area (Å²) in [6.45, 7) is 11.6. The number of rotatable bonds is 9. The van der Waals surface area contributed by atoms with Gasteiger partial charge in [0.05, 0.1) is 31.9 Å². The number of carbonyl (C=O) groups is 3. The third-order valence-electron chi connectivity index (χ3n) is 4.38. The number of urea groups is 1. The highest BCUT2D eigenvalue weighted by Gasteiger charge is 2.42. The first-order chi connectivity index (χ1) is 12.5. The van der Waals surface area contributed by atoms with Gasteiger partial charge in [0.15, 0.2) is 5.92 Å². The number of hydrogen-bond donors (Lipinski definition) is 4. The Hall–Kier alpha value is -2.71. The SMILES string of the molecule is C=C(NNCC[NH+](CC)CC)[C@H]1C(=O)NC(=O)N(c2ccccc2)C1=O. The highest BCUT2D eigenvalue weighted by Crippen LogP contribution is 2.22. The van der Waals surface area contributed by atoms with Crippen molar-refractivity contribution in [1.29, 1.82) is 0 Å². The van der Waals surface area contributed by atoms with Gasteiger partial charge in [-0.2, -0.15) is 0 Å². The van der Waals surface area contributed by atoms with Crippen LogP contribution in [0.4, 0.5) is 10.5 Å². The van der Waals surface area contributed by atoms with Crippen molar-refractivity contribution in [3.63, 3.8) is 0 Å². The predicted octanol–water partition coefficient (Wildman–Crippen LogP) is -0.582. The van der Waals surface area contributed by atoms with E-state index >= 15 is 0 Å². The summed E-state index contributed by atoms with van der Waals surface area (Å²) in [6.07, 6.45) is 0. The van der Waals surface area contributed by atoms with Gasteiger partial charge in [0.2, 0.25) is 5.91 Å². The van der Waals surface area contributed by atoms with E-state index in [9.17, 15) is 14.4 Å². The lowest BCUT2D eigenvalue weighted by atomic mass is 10.0. The lowest BCUT2D eigenvalue weighted by Gasteiger charge is -2.31. The van der Waals surface area contributed by atoms with Crippen molar-refractivity contribution in [2.45, 2.75) is 13.8 Å². The van der Waals surface area contributed by atoms with Crippen molar-refractivity contribution in [3.05, 3.63) is 42.6 Å². The molecule has 1 fully saturated rings. The van der Waals surface area contributed by atoms with E-state index in [0.717, 1.165) is 24.5 Å². The standard InChI is InChI=1S/C18H25N5O3/c1-4-22(5-2)12-11-19-21-13(3)15-16(24)20-18(26)23(17(15)25)14-9-7-6-8-10-14/h6-10,15,19,21H,3-5,11-12H2,1-2H3,(H,20,24,26)/p+1/t15-/m0/s1. The van der Waals surface area contributed by atoms with Crippen LogP contribution in [-0.4, -0.2) is 44.0 Å². The van der Waals surface area contributed by atoms with Crippen LogP contribution in [0.25, 0.3) is 0 Å². The van der Waals surface area contributed by atoms with Crippen molar-refractivity contribution in [2.24, 2.45) is 5.92 Å². The number of nitrogens with zero attached hydrogens (tertiary/aromatic N) is 1. The van der Waals surface area contributed by atoms with Crippen molar-refractivity contribution < 1.29 is 19.3 Å². The lowest BCUT2D eigenvalue weighted by Crippen LogP contribution is -3.12. The molecular formula is C18H26N5O3+. The fourth-order valence-electron chi connectivity index (χ4n) is 2.79. The van der Waals surface area contributed by atoms with Gasteiger partial charge in [-0.05, 0) is 26.0 Å². The Balaban J connectivity index is 2.00. The molecule has 140 valence electrons. The normalized spacial score (nSPS) is 17.4. The van der Waals surface area contributed by atoms with E-state index in [1.807, 2.05) is 0 Å². The second kappa shape index (κ2) is 9.12. The van der Waals surface area contributed by atoms with Crippen LogP contribution in [0, 0.1) is 5.92 Å². The minimum absolute atomic E-state index is 0.204. The van der Waals surface area contributed by atoms with Crippen LogP contribution in [0.5, 0.6) is 0 Å². The van der Waals surface area contributed by atoms with Gasteiger partial charge in [0.25, 0.3) is 5.91 Å². The van der Waals surface area contributed by atoms with E-state index in [-0.39, 0.29) is 5.70 Å². The second-order valence-corrected chi connectivity index (χ2v) is 6.02. The van der Waals surface area contributed by atoms with E-state index in [1.54, 1.807) is 30.3 Å². The summed E-state index contributed by atoms with van der Waals surface area (Å²) >= 11 is 0. The molecule has 4 amide bonds. The smallest absolute Gasteiger partial charge is 0.334 e. The van der Waals surface area contributed by atoms with Gasteiger partial charge < -0.3 is 10.3 Å². The molecule has 1 aliphatic rings. The fraction of sp³-hybridized carbons (Fsp3) is 0.389. The molecule has 1 aliphatic heterocycles. The Morgan fingerprint density at radius 1 is 1.19 bits per heavy atom. The van der Waals surface area contributed by atoms with E-state index in [1.165, 1.54) is 4.90 Å². The van der Waals surface area contributed by atoms with E-state index < -0.39 is 23.8 Å². The first kappa shape index (κ1) is 19.6. The molecule has 8 heteroatoms. The predicted molar refractivity (Wildman–Crippen MR) is 98.1 cm³/mol. The van der Waals surface area contributed by atoms with Crippen LogP contribution < -0.4 is 26.0 Å². The molecule has 1 atom stereocenters. The minimum atomic E-state index is -1.18. The van der Waals surface area contributed by atoms with Crippen LogP contribution in [0.1, 0.15) is 13.8 Å². The Kier molecular flexibility index (Phi) is 6.88. The molecule has 2 rings (SSSR count). The summed E-state index contributed by atoms with van der Waals surface area (Å²) in [5, 5.41) is 2.21. The van der Waals surface area contributed by atoms with Gasteiger partial charge in [-0.3, -0.25) is 14.9 Å². The van der Waals surface area contributed by atoms with Crippen molar-refractivity contribution >= 4 is 23.5 Å². The largest absolute Gasteiger partial charge is 0.335 e. The fourth-order valence-corrected chi connectivity index (χ4v) is 2.79. The summed E-state index contributed by atoms with van der Waals surface area (Å²) in [4.78, 5) is 39.4. The highest BCUT2D eigenvalue weighted by molar-refractivity contribution is 6.28. The van der Waals surface area contributed by atoms with E-state index in [0.29, 0.717) is 12.2 Å². The number of para-hydroxylation sites is 1. The average Bonchev–Trinajstić information content (AvgIpc) is 2.62. The molecule has 0 radical (unpaired) electrons. The minimum Gasteiger partial charge on any atom is -0.334 e. The summed E-state index contributed by atoms with van der Waals surface area (Å²) in [5.74, 6) is -2.49. The summed E-state index contributed by atoms with van der Waals surface area (Å²) in [6, 6.07) is 7.71. The number of hydrogen-bond acceptors (Lipinski definition) is 5. The van der Waals surface area contributed by atoms with Crippen molar-refractivity contribution in [1.82, 2.24) is 16.2 Å². The molecule has 8 nitrogen and oxygen atoms in total. The Morgan fingerprint density at radius 3 is 2.46 bits per heavy atom. The third-order valence-corrected chi connectivity index (χ3v) is 4.38. The number of barbiturate groups is 1. The van der Waals surface area contributed by atoms with Gasteiger partial charge in [-0.15, -0.1) is 0 Å². The molecule has 4 N–H and O–H groups in total. The first-order valence-electron chi connectivity index (χ1n) is 8.74. The third kappa shape index (κ3) is 4.47. The second-order valence-electron chi connectivity index (χ2n) is 6.02. The Bertz CT molecular complexity index is 673. The molecule has 1 aromatic rings. The maximum absolute atomic E-state index is 12.7. The van der Waals surface area contributed by atoms with E-state index in [4.69, 9.17) is 0 Å². The first-order valence-corrected chi connectivity index (χ1v) is 8.74. The Morgan fingerprint density at radius 2 is 1.85 bits per heavy atom. The molecule has 1 heterocycles. The average molecular weight is 360 g/mol. The number of amides is 4. The summed E-state index contributed by atoms with van der Waals surface area (Å²) in [5.41, 5.74) is 6.41. The van der Waals surface area contributed by atoms with Crippen LogP contribution in [-0.2, 0) is 9.59 Å². The van der Waals surface area contributed by atoms with Gasteiger partial charge >= 0.3 is 6.03 Å². The zero-order chi connectivity index (χ0) is 19.1. The summed E-state index contributed by atoms with van der Waals surface area (Å²) < 4.78 is 0. The van der Waals surface area contributed by atoms with E-state index in [2.05, 4.69) is 36.6 Å².